The molecular weight excluding hydrogens is 602 g/mol. The molecule has 0 rings (SSSR count). The Balaban J connectivity index is 3.80. The Morgan fingerprint density at radius 2 is 0.844 bits per heavy atom. The molecule has 0 spiro atoms. The number of methoxy groups -OCH3 is 2. The van der Waals surface area contributed by atoms with Crippen LogP contribution in [0, 0.1) is 0 Å². The third kappa shape index (κ3) is 33.2. The zero-order valence-electron chi connectivity index (χ0n) is 27.1. The van der Waals surface area contributed by atoms with Crippen LogP contribution in [0.1, 0.15) is 0 Å². The van der Waals surface area contributed by atoms with E-state index >= 15 is 0 Å². The normalized spacial score (nSPS) is 11.2. The van der Waals surface area contributed by atoms with Crippen molar-refractivity contribution in [2.24, 2.45) is 0 Å². The van der Waals surface area contributed by atoms with Crippen LogP contribution in [0.15, 0.2) is 0 Å². The summed E-state index contributed by atoms with van der Waals surface area (Å²) in [5, 5.41) is 7.89. The molecule has 0 heterocycles. The van der Waals surface area contributed by atoms with E-state index < -0.39 is 6.10 Å². The summed E-state index contributed by atoms with van der Waals surface area (Å²) in [7, 11) is 4.71. The van der Waals surface area contributed by atoms with Crippen molar-refractivity contribution < 1.29 is 66.5 Å². The van der Waals surface area contributed by atoms with E-state index in [1.807, 2.05) is 0 Å². The van der Waals surface area contributed by atoms with Gasteiger partial charge in [-0.1, -0.05) is 0 Å². The Morgan fingerprint density at radius 1 is 0.467 bits per heavy atom. The standard InChI is InChI=1S/C28H55N3O14/c1-29-26(32)24-45-25(20-41-16-12-37-6-4-30-27(33)22-43-18-14-39-10-8-35-2)21-42-17-13-38-7-5-31-28(34)23-44-19-15-40-11-9-36-3/h25H,4-24H2,1-3H3,(H,29,32)(H,30,33)(H,31,34). The highest BCUT2D eigenvalue weighted by Gasteiger charge is 2.12. The predicted molar refractivity (Wildman–Crippen MR) is 160 cm³/mol. The van der Waals surface area contributed by atoms with Crippen molar-refractivity contribution in [3.8, 4) is 0 Å². The van der Waals surface area contributed by atoms with E-state index in [2.05, 4.69) is 16.0 Å². The Morgan fingerprint density at radius 3 is 1.27 bits per heavy atom. The van der Waals surface area contributed by atoms with Gasteiger partial charge < -0.3 is 68.1 Å². The van der Waals surface area contributed by atoms with E-state index in [0.29, 0.717) is 106 Å². The van der Waals surface area contributed by atoms with Gasteiger partial charge in [-0.2, -0.15) is 0 Å². The second-order valence-electron chi connectivity index (χ2n) is 9.00. The molecule has 0 atom stereocenters. The Bertz CT molecular complexity index is 647. The lowest BCUT2D eigenvalue weighted by molar-refractivity contribution is -0.131. The lowest BCUT2D eigenvalue weighted by Crippen LogP contribution is -2.33. The number of hydrogen-bond acceptors (Lipinski definition) is 14. The smallest absolute Gasteiger partial charge is 0.246 e. The minimum Gasteiger partial charge on any atom is -0.382 e. The van der Waals surface area contributed by atoms with Crippen molar-refractivity contribution in [1.82, 2.24) is 16.0 Å². The van der Waals surface area contributed by atoms with E-state index in [1.165, 1.54) is 7.05 Å². The minimum atomic E-state index is -0.475. The first-order valence-corrected chi connectivity index (χ1v) is 15.0. The number of ether oxygens (including phenoxy) is 11. The van der Waals surface area contributed by atoms with Crippen LogP contribution in [-0.2, 0) is 66.5 Å². The zero-order chi connectivity index (χ0) is 33.1. The largest absolute Gasteiger partial charge is 0.382 e. The van der Waals surface area contributed by atoms with E-state index in [1.54, 1.807) is 14.2 Å². The molecule has 0 aliphatic carbocycles. The molecule has 0 aromatic carbocycles. The van der Waals surface area contributed by atoms with E-state index in [-0.39, 0.29) is 50.8 Å². The molecule has 0 fully saturated rings. The van der Waals surface area contributed by atoms with Crippen molar-refractivity contribution in [2.75, 3.05) is 160 Å². The summed E-state index contributed by atoms with van der Waals surface area (Å²) < 4.78 is 58.3. The molecule has 17 nitrogen and oxygen atoms in total. The second-order valence-corrected chi connectivity index (χ2v) is 9.00. The van der Waals surface area contributed by atoms with Crippen LogP contribution >= 0.6 is 0 Å². The lowest BCUT2D eigenvalue weighted by atomic mass is 10.4. The predicted octanol–water partition coefficient (Wildman–Crippen LogP) is -2.22. The topological polar surface area (TPSA) is 189 Å². The molecule has 0 radical (unpaired) electrons. The number of likely N-dealkylation sites (N-methyl/N-ethyl adjacent to an activating group) is 1. The highest BCUT2D eigenvalue weighted by Crippen LogP contribution is 1.97. The summed E-state index contributed by atoms with van der Waals surface area (Å²) in [5.74, 6) is -0.743. The molecule has 45 heavy (non-hydrogen) atoms. The molecular formula is C28H55N3O14. The summed E-state index contributed by atoms with van der Waals surface area (Å²) >= 11 is 0. The van der Waals surface area contributed by atoms with Crippen LogP contribution in [0.5, 0.6) is 0 Å². The Kier molecular flexibility index (Phi) is 33.3. The van der Waals surface area contributed by atoms with Crippen LogP contribution < -0.4 is 16.0 Å². The highest BCUT2D eigenvalue weighted by atomic mass is 16.6. The maximum atomic E-state index is 11.7. The lowest BCUT2D eigenvalue weighted by Gasteiger charge is -2.18. The SMILES string of the molecule is CNC(=O)COC(COCCOCCNC(=O)COCCOCCOC)COCCOCCNC(=O)COCCOCCOC. The van der Waals surface area contributed by atoms with Crippen LogP contribution in [0.2, 0.25) is 0 Å². The third-order valence-corrected chi connectivity index (χ3v) is 5.29. The van der Waals surface area contributed by atoms with Crippen LogP contribution in [0.3, 0.4) is 0 Å². The maximum absolute atomic E-state index is 11.7. The van der Waals surface area contributed by atoms with Crippen LogP contribution in [-0.4, -0.2) is 184 Å². The molecule has 0 saturated heterocycles. The molecule has 17 heteroatoms. The molecule has 0 aromatic rings. The van der Waals surface area contributed by atoms with Crippen LogP contribution in [0.25, 0.3) is 0 Å². The number of rotatable bonds is 35. The monoisotopic (exact) mass is 657 g/mol. The molecule has 0 bridgehead atoms. The maximum Gasteiger partial charge on any atom is 0.246 e. The van der Waals surface area contributed by atoms with Crippen molar-refractivity contribution in [1.29, 1.82) is 0 Å². The molecule has 3 amide bonds. The van der Waals surface area contributed by atoms with Crippen molar-refractivity contribution in [3.05, 3.63) is 0 Å². The summed E-state index contributed by atoms with van der Waals surface area (Å²) in [4.78, 5) is 35.0. The van der Waals surface area contributed by atoms with Gasteiger partial charge in [0.1, 0.15) is 25.9 Å². The number of nitrogens with one attached hydrogen (secondary N) is 3. The van der Waals surface area contributed by atoms with Gasteiger partial charge in [0, 0.05) is 34.4 Å². The first-order valence-electron chi connectivity index (χ1n) is 15.0. The average Bonchev–Trinajstić information content (AvgIpc) is 3.04. The van der Waals surface area contributed by atoms with Gasteiger partial charge in [-0.15, -0.1) is 0 Å². The summed E-state index contributed by atoms with van der Waals surface area (Å²) in [6, 6.07) is 0. The van der Waals surface area contributed by atoms with Crippen molar-refractivity contribution >= 4 is 17.7 Å². The number of carbonyl (C=O) groups excluding carboxylic acids is 3. The number of carbonyl (C=O) groups is 3. The molecule has 0 aliphatic heterocycles. The molecule has 3 N–H and O–H groups in total. The first-order chi connectivity index (χ1) is 22.0. The minimum absolute atomic E-state index is 0.0515. The van der Waals surface area contributed by atoms with Crippen molar-refractivity contribution in [3.63, 3.8) is 0 Å². The van der Waals surface area contributed by atoms with Crippen LogP contribution in [0.4, 0.5) is 0 Å². The van der Waals surface area contributed by atoms with Gasteiger partial charge >= 0.3 is 0 Å². The fraction of sp³-hybridized carbons (Fsp3) is 0.893. The third-order valence-electron chi connectivity index (χ3n) is 5.29. The summed E-state index contributed by atoms with van der Waals surface area (Å²) in [5.41, 5.74) is 0. The van der Waals surface area contributed by atoms with Gasteiger partial charge in [-0.05, 0) is 0 Å². The summed E-state index contributed by atoms with van der Waals surface area (Å²) in [6.07, 6.45) is -0.475. The molecule has 0 aliphatic rings. The molecule has 0 saturated carbocycles. The number of amides is 3. The fourth-order valence-electron chi connectivity index (χ4n) is 2.96. The van der Waals surface area contributed by atoms with Gasteiger partial charge in [0.25, 0.3) is 0 Å². The van der Waals surface area contributed by atoms with Gasteiger partial charge in [0.05, 0.1) is 106 Å². The zero-order valence-corrected chi connectivity index (χ0v) is 27.1. The molecule has 266 valence electrons. The summed E-state index contributed by atoms with van der Waals surface area (Å²) in [6.45, 7) is 6.11. The van der Waals surface area contributed by atoms with Gasteiger partial charge in [-0.25, -0.2) is 0 Å². The Labute approximate surface area is 266 Å². The van der Waals surface area contributed by atoms with Gasteiger partial charge in [-0.3, -0.25) is 14.4 Å². The van der Waals surface area contributed by atoms with Crippen molar-refractivity contribution in [2.45, 2.75) is 6.10 Å². The van der Waals surface area contributed by atoms with Gasteiger partial charge in [0.2, 0.25) is 17.7 Å². The molecule has 0 aromatic heterocycles. The molecule has 0 unspecified atom stereocenters. The van der Waals surface area contributed by atoms with E-state index in [0.717, 1.165) is 0 Å². The Hall–Kier alpha value is -2.03. The quantitative estimate of drug-likeness (QED) is 0.0622. The fourth-order valence-corrected chi connectivity index (χ4v) is 2.96. The second kappa shape index (κ2) is 34.8. The average molecular weight is 658 g/mol. The van der Waals surface area contributed by atoms with Gasteiger partial charge in [0.15, 0.2) is 0 Å². The highest BCUT2D eigenvalue weighted by molar-refractivity contribution is 5.77. The number of hydrogen-bond donors (Lipinski definition) is 3. The van der Waals surface area contributed by atoms with E-state index in [9.17, 15) is 14.4 Å². The first kappa shape index (κ1) is 43.0. The van der Waals surface area contributed by atoms with E-state index in [4.69, 9.17) is 52.1 Å².